The number of nitrogens with one attached hydrogen (secondary N) is 1. The minimum absolute atomic E-state index is 0.263. The second-order valence-corrected chi connectivity index (χ2v) is 6.34. The molecule has 0 unspecified atom stereocenters. The predicted molar refractivity (Wildman–Crippen MR) is 93.1 cm³/mol. The van der Waals surface area contributed by atoms with E-state index in [1.807, 2.05) is 31.2 Å². The molecule has 0 bridgehead atoms. The molecule has 106 valence electrons. The number of amides is 1. The fourth-order valence-electron chi connectivity index (χ4n) is 2.13. The molecular formula is C16H11ClINO2. The zero-order chi connectivity index (χ0) is 15.0. The largest absolute Gasteiger partial charge is 0.451 e. The van der Waals surface area contributed by atoms with E-state index < -0.39 is 0 Å². The molecule has 1 aromatic heterocycles. The molecule has 0 atom stereocenters. The molecule has 3 rings (SSSR count). The maximum absolute atomic E-state index is 12.3. The van der Waals surface area contributed by atoms with Crippen LogP contribution in [0.25, 0.3) is 11.0 Å². The number of hydrogen-bond acceptors (Lipinski definition) is 2. The van der Waals surface area contributed by atoms with Gasteiger partial charge in [-0.25, -0.2) is 0 Å². The summed E-state index contributed by atoms with van der Waals surface area (Å²) in [5, 5.41) is 4.31. The van der Waals surface area contributed by atoms with Crippen LogP contribution in [-0.4, -0.2) is 5.91 Å². The zero-order valence-corrected chi connectivity index (χ0v) is 14.0. The Morgan fingerprint density at radius 1 is 1.19 bits per heavy atom. The lowest BCUT2D eigenvalue weighted by atomic mass is 10.1. The van der Waals surface area contributed by atoms with Gasteiger partial charge in [-0.15, -0.1) is 0 Å². The van der Waals surface area contributed by atoms with Gasteiger partial charge in [0.25, 0.3) is 5.91 Å². The molecular weight excluding hydrogens is 401 g/mol. The Hall–Kier alpha value is -1.53. The van der Waals surface area contributed by atoms with Crippen LogP contribution in [0.1, 0.15) is 16.1 Å². The lowest BCUT2D eigenvalue weighted by Crippen LogP contribution is -2.11. The van der Waals surface area contributed by atoms with Crippen LogP contribution in [0.3, 0.4) is 0 Å². The first kappa shape index (κ1) is 14.4. The van der Waals surface area contributed by atoms with Crippen molar-refractivity contribution >= 4 is 56.8 Å². The number of aryl methyl sites for hydroxylation is 1. The predicted octanol–water partition coefficient (Wildman–Crippen LogP) is 5.25. The smallest absolute Gasteiger partial charge is 0.291 e. The van der Waals surface area contributed by atoms with Gasteiger partial charge in [0.15, 0.2) is 5.76 Å². The molecule has 21 heavy (non-hydrogen) atoms. The molecule has 1 heterocycles. The quantitative estimate of drug-likeness (QED) is 0.585. The van der Waals surface area contributed by atoms with Gasteiger partial charge in [-0.3, -0.25) is 4.79 Å². The van der Waals surface area contributed by atoms with Crippen LogP contribution < -0.4 is 5.32 Å². The van der Waals surface area contributed by atoms with Gasteiger partial charge >= 0.3 is 0 Å². The molecule has 0 radical (unpaired) electrons. The highest BCUT2D eigenvalue weighted by molar-refractivity contribution is 14.1. The second-order valence-electron chi connectivity index (χ2n) is 4.66. The monoisotopic (exact) mass is 411 g/mol. The fourth-order valence-corrected chi connectivity index (χ4v) is 2.66. The highest BCUT2D eigenvalue weighted by Gasteiger charge is 2.17. The van der Waals surface area contributed by atoms with E-state index in [9.17, 15) is 4.79 Å². The molecule has 1 amide bonds. The Morgan fingerprint density at radius 2 is 1.90 bits per heavy atom. The minimum Gasteiger partial charge on any atom is -0.451 e. The first-order valence-corrected chi connectivity index (χ1v) is 7.76. The number of hydrogen-bond donors (Lipinski definition) is 1. The molecule has 1 N–H and O–H groups in total. The molecule has 0 saturated carbocycles. The van der Waals surface area contributed by atoms with E-state index in [2.05, 4.69) is 27.9 Å². The summed E-state index contributed by atoms with van der Waals surface area (Å²) in [6.07, 6.45) is 0. The third kappa shape index (κ3) is 2.91. The van der Waals surface area contributed by atoms with Crippen molar-refractivity contribution in [1.29, 1.82) is 0 Å². The Kier molecular flexibility index (Phi) is 3.91. The summed E-state index contributed by atoms with van der Waals surface area (Å²) in [5.41, 5.74) is 2.18. The van der Waals surface area contributed by atoms with Crippen molar-refractivity contribution < 1.29 is 9.21 Å². The van der Waals surface area contributed by atoms with E-state index in [-0.39, 0.29) is 5.91 Å². The number of anilines is 1. The van der Waals surface area contributed by atoms with E-state index in [1.165, 1.54) is 0 Å². The first-order chi connectivity index (χ1) is 10.0. The van der Waals surface area contributed by atoms with Crippen LogP contribution in [0.5, 0.6) is 0 Å². The summed E-state index contributed by atoms with van der Waals surface area (Å²) < 4.78 is 6.75. The Labute approximate surface area is 140 Å². The van der Waals surface area contributed by atoms with Crippen LogP contribution in [-0.2, 0) is 0 Å². The van der Waals surface area contributed by atoms with Gasteiger partial charge in [0.05, 0.1) is 0 Å². The minimum atomic E-state index is -0.263. The third-order valence-electron chi connectivity index (χ3n) is 3.21. The zero-order valence-electron chi connectivity index (χ0n) is 11.1. The van der Waals surface area contributed by atoms with Crippen molar-refractivity contribution in [2.24, 2.45) is 0 Å². The molecule has 0 aliphatic heterocycles. The maximum Gasteiger partial charge on any atom is 0.291 e. The van der Waals surface area contributed by atoms with Crippen molar-refractivity contribution in [3.63, 3.8) is 0 Å². The summed E-state index contributed by atoms with van der Waals surface area (Å²) in [6.45, 7) is 1.85. The molecule has 3 aromatic rings. The van der Waals surface area contributed by atoms with Crippen LogP contribution in [0.15, 0.2) is 46.9 Å². The van der Waals surface area contributed by atoms with Gasteiger partial charge in [-0.1, -0.05) is 11.6 Å². The van der Waals surface area contributed by atoms with Crippen molar-refractivity contribution in [2.75, 3.05) is 5.32 Å². The van der Waals surface area contributed by atoms with Gasteiger partial charge < -0.3 is 9.73 Å². The summed E-state index contributed by atoms with van der Waals surface area (Å²) in [6, 6.07) is 12.9. The number of halogens is 2. The normalized spacial score (nSPS) is 10.8. The van der Waals surface area contributed by atoms with Crippen LogP contribution >= 0.6 is 34.2 Å². The second kappa shape index (κ2) is 5.69. The average Bonchev–Trinajstić information content (AvgIpc) is 2.79. The van der Waals surface area contributed by atoms with E-state index in [0.29, 0.717) is 16.4 Å². The number of furan rings is 1. The standard InChI is InChI=1S/C16H11ClINO2/c1-9-13-8-10(17)2-7-14(13)21-15(9)16(20)19-12-5-3-11(18)4-6-12/h2-8H,1H3,(H,19,20). The summed E-state index contributed by atoms with van der Waals surface area (Å²) >= 11 is 8.20. The van der Waals surface area contributed by atoms with E-state index in [0.717, 1.165) is 20.2 Å². The molecule has 0 saturated heterocycles. The number of benzene rings is 2. The van der Waals surface area contributed by atoms with Gasteiger partial charge in [0, 0.05) is 25.2 Å². The van der Waals surface area contributed by atoms with E-state index in [4.69, 9.17) is 16.0 Å². The highest BCUT2D eigenvalue weighted by Crippen LogP contribution is 2.28. The molecule has 5 heteroatoms. The number of carbonyl (C=O) groups excluding carboxylic acids is 1. The summed E-state index contributed by atoms with van der Waals surface area (Å²) in [5.74, 6) is 0.0480. The van der Waals surface area contributed by atoms with Gasteiger partial charge in [-0.05, 0) is 72.0 Å². The Bertz CT molecular complexity index is 824. The molecule has 0 fully saturated rings. The third-order valence-corrected chi connectivity index (χ3v) is 4.16. The SMILES string of the molecule is Cc1c(C(=O)Nc2ccc(I)cc2)oc2ccc(Cl)cc12. The highest BCUT2D eigenvalue weighted by atomic mass is 127. The lowest BCUT2D eigenvalue weighted by Gasteiger charge is -2.03. The Balaban J connectivity index is 1.94. The molecule has 0 aliphatic rings. The van der Waals surface area contributed by atoms with Gasteiger partial charge in [-0.2, -0.15) is 0 Å². The van der Waals surface area contributed by atoms with Gasteiger partial charge in [0.2, 0.25) is 0 Å². The van der Waals surface area contributed by atoms with Crippen molar-refractivity contribution in [1.82, 2.24) is 0 Å². The van der Waals surface area contributed by atoms with E-state index >= 15 is 0 Å². The van der Waals surface area contributed by atoms with Crippen LogP contribution in [0, 0.1) is 10.5 Å². The first-order valence-electron chi connectivity index (χ1n) is 6.30. The average molecular weight is 412 g/mol. The molecule has 2 aromatic carbocycles. The van der Waals surface area contributed by atoms with Crippen LogP contribution in [0.4, 0.5) is 5.69 Å². The molecule has 3 nitrogen and oxygen atoms in total. The lowest BCUT2D eigenvalue weighted by molar-refractivity contribution is 0.0998. The van der Waals surface area contributed by atoms with Crippen molar-refractivity contribution in [3.05, 3.63) is 62.4 Å². The van der Waals surface area contributed by atoms with Crippen molar-refractivity contribution in [2.45, 2.75) is 6.92 Å². The number of rotatable bonds is 2. The van der Waals surface area contributed by atoms with Gasteiger partial charge in [0.1, 0.15) is 5.58 Å². The fraction of sp³-hybridized carbons (Fsp3) is 0.0625. The number of carbonyl (C=O) groups is 1. The Morgan fingerprint density at radius 3 is 2.62 bits per heavy atom. The topological polar surface area (TPSA) is 42.2 Å². The van der Waals surface area contributed by atoms with Crippen molar-refractivity contribution in [3.8, 4) is 0 Å². The summed E-state index contributed by atoms with van der Waals surface area (Å²) in [4.78, 5) is 12.3. The van der Waals surface area contributed by atoms with E-state index in [1.54, 1.807) is 18.2 Å². The molecule has 0 spiro atoms. The van der Waals surface area contributed by atoms with Crippen LogP contribution in [0.2, 0.25) is 5.02 Å². The molecule has 0 aliphatic carbocycles. The summed E-state index contributed by atoms with van der Waals surface area (Å²) in [7, 11) is 0. The number of fused-ring (bicyclic) bond motifs is 1. The maximum atomic E-state index is 12.3.